The Kier molecular flexibility index (Phi) is 4.60. The molecule has 3 aromatic rings. The number of benzene rings is 1. The molecule has 3 heterocycles. The first-order valence-corrected chi connectivity index (χ1v) is 9.93. The standard InChI is InChI=1S/C16H15N6O5P/c1-18-11-4-2-3-10-7-26-28(24,27-13(10)11)9-25-6-5-22-8-19-12-14(22)20-16(17)21-15(12)23/h2-4,8H,5-7,9H2,(H3,17,20,21,23). The number of H-pyrrole nitrogens is 1. The van der Waals surface area contributed by atoms with E-state index in [0.29, 0.717) is 17.8 Å². The second kappa shape index (κ2) is 7.09. The van der Waals surface area contributed by atoms with Gasteiger partial charge in [0.2, 0.25) is 11.6 Å². The van der Waals surface area contributed by atoms with E-state index in [4.69, 9.17) is 26.1 Å². The molecule has 0 amide bonds. The molecule has 2 aromatic heterocycles. The van der Waals surface area contributed by atoms with Crippen LogP contribution >= 0.6 is 7.60 Å². The van der Waals surface area contributed by atoms with Gasteiger partial charge in [0.15, 0.2) is 17.5 Å². The lowest BCUT2D eigenvalue weighted by Crippen LogP contribution is -2.15. The fraction of sp³-hybridized carbons (Fsp3) is 0.250. The maximum atomic E-state index is 12.8. The molecule has 0 saturated heterocycles. The fourth-order valence-electron chi connectivity index (χ4n) is 2.75. The molecular weight excluding hydrogens is 387 g/mol. The van der Waals surface area contributed by atoms with Crippen LogP contribution in [0.3, 0.4) is 0 Å². The van der Waals surface area contributed by atoms with Gasteiger partial charge in [-0.25, -0.2) is 14.4 Å². The Morgan fingerprint density at radius 1 is 1.46 bits per heavy atom. The molecule has 0 bridgehead atoms. The van der Waals surface area contributed by atoms with Gasteiger partial charge in [-0.1, -0.05) is 18.2 Å². The van der Waals surface area contributed by atoms with Crippen molar-refractivity contribution in [2.24, 2.45) is 0 Å². The number of nitrogen functional groups attached to an aromatic ring is 1. The van der Waals surface area contributed by atoms with Crippen molar-refractivity contribution < 1.29 is 18.3 Å². The zero-order valence-electron chi connectivity index (χ0n) is 14.5. The second-order valence-corrected chi connectivity index (χ2v) is 7.87. The van der Waals surface area contributed by atoms with Gasteiger partial charge in [0.25, 0.3) is 5.56 Å². The molecule has 0 aliphatic carbocycles. The lowest BCUT2D eigenvalue weighted by Gasteiger charge is -2.26. The van der Waals surface area contributed by atoms with Gasteiger partial charge in [0, 0.05) is 12.1 Å². The lowest BCUT2D eigenvalue weighted by molar-refractivity contribution is 0.133. The van der Waals surface area contributed by atoms with Crippen molar-refractivity contribution in [1.29, 1.82) is 0 Å². The SMILES string of the molecule is [C-]#[N+]c1cccc2c1OP(=O)(COCCn1cnc3c(=O)[nH]c(N)nc31)OC2. The first kappa shape index (κ1) is 18.2. The average Bonchev–Trinajstić information content (AvgIpc) is 3.08. The topological polar surface area (TPSA) is 139 Å². The smallest absolute Gasteiger partial charge is 0.403 e. The number of nitrogens with two attached hydrogens (primary N) is 1. The molecular formula is C16H15N6O5P. The van der Waals surface area contributed by atoms with E-state index in [2.05, 4.69) is 19.8 Å². The van der Waals surface area contributed by atoms with E-state index < -0.39 is 13.2 Å². The molecule has 0 radical (unpaired) electrons. The van der Waals surface area contributed by atoms with Gasteiger partial charge < -0.3 is 19.6 Å². The second-order valence-electron chi connectivity index (χ2n) is 5.95. The van der Waals surface area contributed by atoms with Crippen LogP contribution in [0.15, 0.2) is 29.3 Å². The number of para-hydroxylation sites is 1. The first-order chi connectivity index (χ1) is 13.5. The predicted octanol–water partition coefficient (Wildman–Crippen LogP) is 2.03. The summed E-state index contributed by atoms with van der Waals surface area (Å²) < 4.78 is 30.7. The lowest BCUT2D eigenvalue weighted by atomic mass is 10.2. The summed E-state index contributed by atoms with van der Waals surface area (Å²) in [6.07, 6.45) is 1.17. The molecule has 1 aliphatic heterocycles. The monoisotopic (exact) mass is 402 g/mol. The number of hydrogen-bond donors (Lipinski definition) is 2. The van der Waals surface area contributed by atoms with Crippen LogP contribution in [-0.4, -0.2) is 32.5 Å². The van der Waals surface area contributed by atoms with E-state index in [1.165, 1.54) is 6.33 Å². The Morgan fingerprint density at radius 2 is 2.32 bits per heavy atom. The molecule has 1 aliphatic rings. The van der Waals surface area contributed by atoms with Gasteiger partial charge in [-0.3, -0.25) is 14.3 Å². The summed E-state index contributed by atoms with van der Waals surface area (Å²) in [4.78, 5) is 25.6. The number of ether oxygens (including phenoxy) is 1. The molecule has 28 heavy (non-hydrogen) atoms. The maximum absolute atomic E-state index is 12.8. The van der Waals surface area contributed by atoms with E-state index in [-0.39, 0.29) is 42.5 Å². The molecule has 1 unspecified atom stereocenters. The summed E-state index contributed by atoms with van der Waals surface area (Å²) in [7, 11) is -3.54. The molecule has 0 fully saturated rings. The minimum absolute atomic E-state index is 0.0112. The molecule has 0 spiro atoms. The number of imidazole rings is 1. The van der Waals surface area contributed by atoms with Crippen LogP contribution in [0.5, 0.6) is 5.75 Å². The molecule has 11 nitrogen and oxygen atoms in total. The third-order valence-corrected chi connectivity index (χ3v) is 5.54. The fourth-order valence-corrected chi connectivity index (χ4v) is 4.11. The van der Waals surface area contributed by atoms with Crippen molar-refractivity contribution in [3.8, 4) is 5.75 Å². The number of fused-ring (bicyclic) bond motifs is 2. The van der Waals surface area contributed by atoms with Crippen LogP contribution in [0.1, 0.15) is 5.56 Å². The Morgan fingerprint density at radius 3 is 3.14 bits per heavy atom. The van der Waals surface area contributed by atoms with E-state index in [9.17, 15) is 9.36 Å². The minimum Gasteiger partial charge on any atom is -0.434 e. The number of aromatic nitrogens is 4. The minimum atomic E-state index is -3.54. The van der Waals surface area contributed by atoms with Crippen molar-refractivity contribution in [2.75, 3.05) is 18.7 Å². The zero-order chi connectivity index (χ0) is 19.7. The van der Waals surface area contributed by atoms with Crippen molar-refractivity contribution in [2.45, 2.75) is 13.2 Å². The Hall–Kier alpha value is -3.19. The van der Waals surface area contributed by atoms with Gasteiger partial charge in [-0.15, -0.1) is 0 Å². The molecule has 0 saturated carbocycles. The predicted molar refractivity (Wildman–Crippen MR) is 99.1 cm³/mol. The summed E-state index contributed by atoms with van der Waals surface area (Å²) in [5.74, 6) is 0.262. The summed E-state index contributed by atoms with van der Waals surface area (Å²) in [5, 5.41) is 0. The van der Waals surface area contributed by atoms with Crippen molar-refractivity contribution in [1.82, 2.24) is 19.5 Å². The number of anilines is 1. The van der Waals surface area contributed by atoms with Crippen molar-refractivity contribution in [3.63, 3.8) is 0 Å². The summed E-state index contributed by atoms with van der Waals surface area (Å²) in [6, 6.07) is 5.05. The van der Waals surface area contributed by atoms with Crippen LogP contribution in [0, 0.1) is 6.57 Å². The van der Waals surface area contributed by atoms with E-state index in [1.54, 1.807) is 22.8 Å². The van der Waals surface area contributed by atoms with Crippen LogP contribution in [0.4, 0.5) is 11.6 Å². The summed E-state index contributed by atoms with van der Waals surface area (Å²) in [6.45, 7) is 7.72. The number of hydrogen-bond acceptors (Lipinski definition) is 8. The Balaban J connectivity index is 1.40. The molecule has 3 N–H and O–H groups in total. The Labute approximate surface area is 158 Å². The highest BCUT2D eigenvalue weighted by molar-refractivity contribution is 7.54. The van der Waals surface area contributed by atoms with Gasteiger partial charge in [0.05, 0.1) is 26.1 Å². The van der Waals surface area contributed by atoms with E-state index in [0.717, 1.165) is 0 Å². The first-order valence-electron chi connectivity index (χ1n) is 8.20. The molecule has 12 heteroatoms. The third kappa shape index (κ3) is 3.36. The molecule has 144 valence electrons. The highest BCUT2D eigenvalue weighted by atomic mass is 31.2. The number of nitrogens with one attached hydrogen (secondary N) is 1. The van der Waals surface area contributed by atoms with Gasteiger partial charge in [-0.05, 0) is 0 Å². The zero-order valence-corrected chi connectivity index (χ0v) is 15.4. The normalized spacial score (nSPS) is 18.4. The van der Waals surface area contributed by atoms with Gasteiger partial charge in [0.1, 0.15) is 5.75 Å². The van der Waals surface area contributed by atoms with E-state index >= 15 is 0 Å². The number of aromatic amines is 1. The quantitative estimate of drug-likeness (QED) is 0.375. The largest absolute Gasteiger partial charge is 0.434 e. The summed E-state index contributed by atoms with van der Waals surface area (Å²) >= 11 is 0. The van der Waals surface area contributed by atoms with Crippen LogP contribution in [0.25, 0.3) is 16.0 Å². The molecule has 1 atom stereocenters. The highest BCUT2D eigenvalue weighted by Gasteiger charge is 2.33. The third-order valence-electron chi connectivity index (χ3n) is 4.06. The van der Waals surface area contributed by atoms with Crippen LogP contribution in [0.2, 0.25) is 0 Å². The average molecular weight is 402 g/mol. The van der Waals surface area contributed by atoms with Gasteiger partial charge in [-0.2, -0.15) is 4.98 Å². The van der Waals surface area contributed by atoms with Gasteiger partial charge >= 0.3 is 7.60 Å². The highest BCUT2D eigenvalue weighted by Crippen LogP contribution is 2.55. The Bertz CT molecular complexity index is 1200. The van der Waals surface area contributed by atoms with E-state index in [1.807, 2.05) is 0 Å². The molecule has 4 rings (SSSR count). The number of nitrogens with zero attached hydrogens (tertiary/aromatic N) is 4. The van der Waals surface area contributed by atoms with Crippen molar-refractivity contribution in [3.05, 3.63) is 51.9 Å². The summed E-state index contributed by atoms with van der Waals surface area (Å²) in [5.41, 5.74) is 6.57. The van der Waals surface area contributed by atoms with Crippen LogP contribution < -0.4 is 15.8 Å². The van der Waals surface area contributed by atoms with Crippen molar-refractivity contribution >= 4 is 30.4 Å². The number of rotatable bonds is 5. The maximum Gasteiger partial charge on any atom is 0.403 e. The molecule has 1 aromatic carbocycles. The van der Waals surface area contributed by atoms with Crippen LogP contribution in [-0.2, 0) is 27.0 Å².